The maximum Gasteiger partial charge on any atom is 0.252 e. The van der Waals surface area contributed by atoms with E-state index in [9.17, 15) is 9.59 Å². The molecule has 0 saturated heterocycles. The van der Waals surface area contributed by atoms with Crippen LogP contribution >= 0.6 is 11.3 Å². The molecule has 3 N–H and O–H groups in total. The summed E-state index contributed by atoms with van der Waals surface area (Å²) in [5, 5.41) is 13.0. The molecule has 0 atom stereocenters. The highest BCUT2D eigenvalue weighted by Gasteiger charge is 2.11. The molecule has 134 valence electrons. The molecule has 1 fully saturated rings. The van der Waals surface area contributed by atoms with Gasteiger partial charge in [-0.3, -0.25) is 9.59 Å². The molecule has 1 saturated carbocycles. The van der Waals surface area contributed by atoms with E-state index in [4.69, 9.17) is 0 Å². The molecule has 5 nitrogen and oxygen atoms in total. The van der Waals surface area contributed by atoms with E-state index < -0.39 is 0 Å². The van der Waals surface area contributed by atoms with Gasteiger partial charge in [0.1, 0.15) is 0 Å². The van der Waals surface area contributed by atoms with Crippen LogP contribution in [0.1, 0.15) is 61.7 Å². The quantitative estimate of drug-likeness (QED) is 0.473. The van der Waals surface area contributed by atoms with Crippen LogP contribution in [0.25, 0.3) is 0 Å². The summed E-state index contributed by atoms with van der Waals surface area (Å²) in [7, 11) is 0. The summed E-state index contributed by atoms with van der Waals surface area (Å²) >= 11 is 1.50. The molecular formula is C18H29N3O2S. The van der Waals surface area contributed by atoms with E-state index in [0.29, 0.717) is 37.5 Å². The van der Waals surface area contributed by atoms with Gasteiger partial charge in [-0.1, -0.05) is 25.7 Å². The van der Waals surface area contributed by atoms with E-state index in [1.165, 1.54) is 49.9 Å². The molecule has 1 heterocycles. The van der Waals surface area contributed by atoms with Crippen LogP contribution in [0.5, 0.6) is 0 Å². The van der Waals surface area contributed by atoms with Crippen molar-refractivity contribution in [3.05, 3.63) is 22.4 Å². The summed E-state index contributed by atoms with van der Waals surface area (Å²) in [6.45, 7) is 2.05. The normalized spacial score (nSPS) is 15.7. The summed E-state index contributed by atoms with van der Waals surface area (Å²) in [6, 6.07) is 2.42. The van der Waals surface area contributed by atoms with Crippen LogP contribution in [-0.2, 0) is 4.79 Å². The van der Waals surface area contributed by atoms with Gasteiger partial charge in [0.05, 0.1) is 0 Å². The fourth-order valence-corrected chi connectivity index (χ4v) is 3.63. The molecule has 0 bridgehead atoms. The number of rotatable bonds is 9. The van der Waals surface area contributed by atoms with Gasteiger partial charge in [-0.2, -0.15) is 11.3 Å². The number of thiophene rings is 1. The van der Waals surface area contributed by atoms with Crippen LogP contribution in [0.2, 0.25) is 0 Å². The van der Waals surface area contributed by atoms with Crippen LogP contribution < -0.4 is 16.0 Å². The Kier molecular flexibility index (Phi) is 8.84. The predicted molar refractivity (Wildman–Crippen MR) is 98.4 cm³/mol. The third-order valence-electron chi connectivity index (χ3n) is 4.38. The monoisotopic (exact) mass is 351 g/mol. The number of carbonyl (C=O) groups excluding carboxylic acids is 2. The Morgan fingerprint density at radius 3 is 2.54 bits per heavy atom. The number of hydrogen-bond acceptors (Lipinski definition) is 4. The van der Waals surface area contributed by atoms with Crippen molar-refractivity contribution < 1.29 is 9.59 Å². The third-order valence-corrected chi connectivity index (χ3v) is 5.07. The minimum Gasteiger partial charge on any atom is -0.355 e. The van der Waals surface area contributed by atoms with Crippen molar-refractivity contribution in [2.24, 2.45) is 0 Å². The van der Waals surface area contributed by atoms with Gasteiger partial charge in [-0.25, -0.2) is 0 Å². The summed E-state index contributed by atoms with van der Waals surface area (Å²) in [5.74, 6) is -0.00768. The molecule has 0 spiro atoms. The zero-order valence-corrected chi connectivity index (χ0v) is 15.1. The van der Waals surface area contributed by atoms with Crippen LogP contribution in [0.3, 0.4) is 0 Å². The maximum absolute atomic E-state index is 11.8. The zero-order valence-electron chi connectivity index (χ0n) is 14.3. The highest BCUT2D eigenvalue weighted by molar-refractivity contribution is 7.08. The first kappa shape index (κ1) is 18.9. The minimum absolute atomic E-state index is 0.0578. The molecule has 0 radical (unpaired) electrons. The van der Waals surface area contributed by atoms with Gasteiger partial charge in [0.2, 0.25) is 5.91 Å². The lowest BCUT2D eigenvalue weighted by Crippen LogP contribution is -2.37. The Labute approximate surface area is 148 Å². The lowest BCUT2D eigenvalue weighted by Gasteiger charge is -2.16. The lowest BCUT2D eigenvalue weighted by atomic mass is 10.1. The summed E-state index contributed by atoms with van der Waals surface area (Å²) < 4.78 is 0. The molecule has 0 aliphatic heterocycles. The van der Waals surface area contributed by atoms with Crippen molar-refractivity contribution in [3.8, 4) is 0 Å². The van der Waals surface area contributed by atoms with Gasteiger partial charge in [0.25, 0.3) is 5.91 Å². The molecule has 0 unspecified atom stereocenters. The minimum atomic E-state index is -0.0655. The van der Waals surface area contributed by atoms with Crippen molar-refractivity contribution in [2.45, 2.75) is 57.4 Å². The molecule has 6 heteroatoms. The van der Waals surface area contributed by atoms with E-state index in [1.54, 1.807) is 6.07 Å². The summed E-state index contributed by atoms with van der Waals surface area (Å²) in [5.41, 5.74) is 0.689. The van der Waals surface area contributed by atoms with Gasteiger partial charge in [0.15, 0.2) is 0 Å². The van der Waals surface area contributed by atoms with Gasteiger partial charge in [-0.15, -0.1) is 0 Å². The Bertz CT molecular complexity index is 482. The Hall–Kier alpha value is -1.40. The van der Waals surface area contributed by atoms with E-state index in [-0.39, 0.29) is 11.8 Å². The standard InChI is InChI=1S/C18H29N3O2S/c22-17(8-5-10-21-18(23)15-9-13-24-14-15)20-12-11-19-16-6-3-1-2-4-7-16/h9,13-14,16,19H,1-8,10-12H2,(H,20,22)(H,21,23). The first-order valence-corrected chi connectivity index (χ1v) is 10.0. The average molecular weight is 352 g/mol. The van der Waals surface area contributed by atoms with Crippen molar-refractivity contribution in [3.63, 3.8) is 0 Å². The zero-order chi connectivity index (χ0) is 17.0. The van der Waals surface area contributed by atoms with Gasteiger partial charge in [0, 0.05) is 43.0 Å². The van der Waals surface area contributed by atoms with Gasteiger partial charge in [-0.05, 0) is 30.7 Å². The van der Waals surface area contributed by atoms with E-state index in [0.717, 1.165) is 6.54 Å². The highest BCUT2D eigenvalue weighted by atomic mass is 32.1. The number of amides is 2. The lowest BCUT2D eigenvalue weighted by molar-refractivity contribution is -0.121. The average Bonchev–Trinajstić information content (AvgIpc) is 3.00. The topological polar surface area (TPSA) is 70.2 Å². The largest absolute Gasteiger partial charge is 0.355 e. The van der Waals surface area contributed by atoms with Crippen molar-refractivity contribution in [1.82, 2.24) is 16.0 Å². The summed E-state index contributed by atoms with van der Waals surface area (Å²) in [4.78, 5) is 23.5. The van der Waals surface area contributed by atoms with E-state index >= 15 is 0 Å². The Morgan fingerprint density at radius 2 is 1.83 bits per heavy atom. The van der Waals surface area contributed by atoms with Crippen LogP contribution in [0, 0.1) is 0 Å². The molecule has 1 aromatic rings. The molecule has 1 aromatic heterocycles. The first-order valence-electron chi connectivity index (χ1n) is 9.06. The van der Waals surface area contributed by atoms with E-state index in [1.807, 2.05) is 10.8 Å². The molecule has 1 aliphatic rings. The fraction of sp³-hybridized carbons (Fsp3) is 0.667. The van der Waals surface area contributed by atoms with Gasteiger partial charge < -0.3 is 16.0 Å². The number of carbonyl (C=O) groups is 2. The van der Waals surface area contributed by atoms with Crippen molar-refractivity contribution in [1.29, 1.82) is 0 Å². The van der Waals surface area contributed by atoms with Crippen LogP contribution in [-0.4, -0.2) is 37.5 Å². The first-order chi connectivity index (χ1) is 11.8. The van der Waals surface area contributed by atoms with Crippen LogP contribution in [0.15, 0.2) is 16.8 Å². The molecule has 0 aromatic carbocycles. The van der Waals surface area contributed by atoms with Crippen LogP contribution in [0.4, 0.5) is 0 Å². The third kappa shape index (κ3) is 7.45. The number of hydrogen-bond donors (Lipinski definition) is 3. The van der Waals surface area contributed by atoms with E-state index in [2.05, 4.69) is 16.0 Å². The predicted octanol–water partition coefficient (Wildman–Crippen LogP) is 2.69. The Balaban J connectivity index is 1.45. The van der Waals surface area contributed by atoms with Gasteiger partial charge >= 0.3 is 0 Å². The maximum atomic E-state index is 11.8. The highest BCUT2D eigenvalue weighted by Crippen LogP contribution is 2.16. The molecule has 2 rings (SSSR count). The molecular weight excluding hydrogens is 322 g/mol. The molecule has 1 aliphatic carbocycles. The fourth-order valence-electron chi connectivity index (χ4n) is 3.00. The second kappa shape index (κ2) is 11.2. The second-order valence-corrected chi connectivity index (χ2v) is 7.14. The smallest absolute Gasteiger partial charge is 0.252 e. The molecule has 2 amide bonds. The molecule has 24 heavy (non-hydrogen) atoms. The second-order valence-electron chi connectivity index (χ2n) is 6.36. The Morgan fingerprint density at radius 1 is 1.04 bits per heavy atom. The number of nitrogens with one attached hydrogen (secondary N) is 3. The van der Waals surface area contributed by atoms with Crippen molar-refractivity contribution in [2.75, 3.05) is 19.6 Å². The SMILES string of the molecule is O=C(CCCNC(=O)c1ccsc1)NCCNC1CCCCCC1. The van der Waals surface area contributed by atoms with Crippen molar-refractivity contribution >= 4 is 23.2 Å². The summed E-state index contributed by atoms with van der Waals surface area (Å²) in [6.07, 6.45) is 9.00.